The van der Waals surface area contributed by atoms with E-state index in [4.69, 9.17) is 16.3 Å². The Morgan fingerprint density at radius 2 is 2.24 bits per heavy atom. The van der Waals surface area contributed by atoms with Gasteiger partial charge < -0.3 is 15.4 Å². The first kappa shape index (κ1) is 16.3. The molecule has 0 aliphatic carbocycles. The Hall–Kier alpha value is -1.10. The van der Waals surface area contributed by atoms with Crippen molar-refractivity contribution in [1.82, 2.24) is 10.6 Å². The molecule has 2 N–H and O–H groups in total. The minimum atomic E-state index is -0.0691. The van der Waals surface area contributed by atoms with E-state index in [2.05, 4.69) is 10.6 Å². The van der Waals surface area contributed by atoms with E-state index in [0.29, 0.717) is 5.02 Å². The smallest absolute Gasteiger partial charge is 0.246 e. The number of carbonyl (C=O) groups excluding carboxylic acids is 1. The second kappa shape index (κ2) is 8.37. The van der Waals surface area contributed by atoms with Crippen molar-refractivity contribution < 1.29 is 9.53 Å². The van der Waals surface area contributed by atoms with Crippen LogP contribution in [-0.4, -0.2) is 31.7 Å². The third kappa shape index (κ3) is 5.30. The Morgan fingerprint density at radius 1 is 1.48 bits per heavy atom. The third-order valence-electron chi connectivity index (χ3n) is 3.73. The molecular formula is C16H23ClN2O2. The molecule has 1 saturated heterocycles. The van der Waals surface area contributed by atoms with Crippen LogP contribution in [0.1, 0.15) is 37.8 Å². The van der Waals surface area contributed by atoms with Gasteiger partial charge in [-0.25, -0.2) is 0 Å². The lowest BCUT2D eigenvalue weighted by Gasteiger charge is -2.23. The van der Waals surface area contributed by atoms with Gasteiger partial charge in [-0.05, 0) is 50.0 Å². The number of amides is 1. The molecule has 21 heavy (non-hydrogen) atoms. The molecule has 1 aliphatic rings. The summed E-state index contributed by atoms with van der Waals surface area (Å²) in [4.78, 5) is 12.0. The van der Waals surface area contributed by atoms with Crippen LogP contribution in [-0.2, 0) is 9.53 Å². The molecule has 0 bridgehead atoms. The topological polar surface area (TPSA) is 50.4 Å². The highest BCUT2D eigenvalue weighted by atomic mass is 35.5. The van der Waals surface area contributed by atoms with E-state index in [1.165, 1.54) is 0 Å². The predicted molar refractivity (Wildman–Crippen MR) is 84.5 cm³/mol. The fourth-order valence-corrected chi connectivity index (χ4v) is 2.73. The summed E-state index contributed by atoms with van der Waals surface area (Å²) in [5.41, 5.74) is 1.03. The first-order valence-electron chi connectivity index (χ1n) is 7.56. The molecule has 0 radical (unpaired) electrons. The average Bonchev–Trinajstić information content (AvgIpc) is 2.51. The number of rotatable bonds is 6. The van der Waals surface area contributed by atoms with Gasteiger partial charge in [0.05, 0.1) is 12.1 Å². The minimum absolute atomic E-state index is 0.0205. The molecule has 1 unspecified atom stereocenters. The molecule has 0 spiro atoms. The third-order valence-corrected chi connectivity index (χ3v) is 3.97. The van der Waals surface area contributed by atoms with E-state index in [9.17, 15) is 4.79 Å². The number of carbonyl (C=O) groups is 1. The monoisotopic (exact) mass is 310 g/mol. The molecule has 1 fully saturated rings. The van der Waals surface area contributed by atoms with Crippen molar-refractivity contribution in [2.45, 2.75) is 38.3 Å². The lowest BCUT2D eigenvalue weighted by atomic mass is 10.0. The van der Waals surface area contributed by atoms with Crippen LogP contribution in [0.4, 0.5) is 0 Å². The molecule has 1 aromatic rings. The molecule has 0 aromatic heterocycles. The fourth-order valence-electron chi connectivity index (χ4n) is 2.54. The molecule has 1 heterocycles. The maximum absolute atomic E-state index is 12.0. The van der Waals surface area contributed by atoms with E-state index < -0.39 is 0 Å². The summed E-state index contributed by atoms with van der Waals surface area (Å²) >= 11 is 6.00. The Bertz CT molecular complexity index is 461. The van der Waals surface area contributed by atoms with Crippen molar-refractivity contribution in [3.63, 3.8) is 0 Å². The van der Waals surface area contributed by atoms with Crippen LogP contribution in [0.2, 0.25) is 5.02 Å². The van der Waals surface area contributed by atoms with Crippen LogP contribution >= 0.6 is 11.6 Å². The Balaban J connectivity index is 1.82. The number of hydrogen-bond donors (Lipinski definition) is 2. The molecule has 4 nitrogen and oxygen atoms in total. The number of hydrogen-bond acceptors (Lipinski definition) is 3. The van der Waals surface area contributed by atoms with Crippen LogP contribution in [0.5, 0.6) is 0 Å². The maximum Gasteiger partial charge on any atom is 0.246 e. The van der Waals surface area contributed by atoms with Gasteiger partial charge in [-0.3, -0.25) is 4.79 Å². The van der Waals surface area contributed by atoms with Crippen LogP contribution in [0.3, 0.4) is 0 Å². The van der Waals surface area contributed by atoms with Gasteiger partial charge >= 0.3 is 0 Å². The van der Waals surface area contributed by atoms with Gasteiger partial charge in [0.25, 0.3) is 0 Å². The van der Waals surface area contributed by atoms with Crippen molar-refractivity contribution in [3.8, 4) is 0 Å². The Kier molecular flexibility index (Phi) is 6.49. The first-order valence-corrected chi connectivity index (χ1v) is 7.94. The second-order valence-corrected chi connectivity index (χ2v) is 5.78. The lowest BCUT2D eigenvalue weighted by Crippen LogP contribution is -2.36. The molecule has 1 aliphatic heterocycles. The molecule has 1 atom stereocenters. The number of halogens is 1. The van der Waals surface area contributed by atoms with Gasteiger partial charge in [0.1, 0.15) is 6.61 Å². The van der Waals surface area contributed by atoms with Crippen molar-refractivity contribution in [3.05, 3.63) is 34.9 Å². The molecule has 5 heteroatoms. The van der Waals surface area contributed by atoms with Gasteiger partial charge in [-0.2, -0.15) is 0 Å². The summed E-state index contributed by atoms with van der Waals surface area (Å²) in [6.45, 7) is 4.10. The second-order valence-electron chi connectivity index (χ2n) is 5.34. The summed E-state index contributed by atoms with van der Waals surface area (Å²) in [5.74, 6) is -0.0691. The lowest BCUT2D eigenvalue weighted by molar-refractivity contribution is -0.129. The largest absolute Gasteiger partial charge is 0.368 e. The molecular weight excluding hydrogens is 288 g/mol. The summed E-state index contributed by atoms with van der Waals surface area (Å²) in [6.07, 6.45) is 2.96. The Labute approximate surface area is 131 Å². The van der Waals surface area contributed by atoms with Crippen molar-refractivity contribution in [1.29, 1.82) is 0 Å². The summed E-state index contributed by atoms with van der Waals surface area (Å²) in [5, 5.41) is 6.98. The summed E-state index contributed by atoms with van der Waals surface area (Å²) in [7, 11) is 0. The fraction of sp³-hybridized carbons (Fsp3) is 0.562. The van der Waals surface area contributed by atoms with Gasteiger partial charge in [-0.1, -0.05) is 30.7 Å². The van der Waals surface area contributed by atoms with Gasteiger partial charge in [-0.15, -0.1) is 0 Å². The van der Waals surface area contributed by atoms with Crippen molar-refractivity contribution in [2.24, 2.45) is 0 Å². The highest BCUT2D eigenvalue weighted by Crippen LogP contribution is 2.20. The van der Waals surface area contributed by atoms with E-state index in [-0.39, 0.29) is 24.7 Å². The molecule has 1 aromatic carbocycles. The number of ether oxygens (including phenoxy) is 1. The predicted octanol–water partition coefficient (Wildman–Crippen LogP) is 2.68. The zero-order chi connectivity index (χ0) is 15.1. The van der Waals surface area contributed by atoms with Crippen LogP contribution in [0.15, 0.2) is 24.3 Å². The standard InChI is InChI=1S/C16H23ClN2O2/c1-2-15(12-4-3-5-13(17)10-12)19-16(20)11-21-14-6-8-18-9-7-14/h3-5,10,14-15,18H,2,6-9,11H2,1H3,(H,19,20). The SMILES string of the molecule is CCC(NC(=O)COC1CCNCC1)c1cccc(Cl)c1. The van der Waals surface area contributed by atoms with Crippen molar-refractivity contribution in [2.75, 3.05) is 19.7 Å². The highest BCUT2D eigenvalue weighted by Gasteiger charge is 2.17. The zero-order valence-electron chi connectivity index (χ0n) is 12.4. The minimum Gasteiger partial charge on any atom is -0.368 e. The molecule has 1 amide bonds. The van der Waals surface area contributed by atoms with Gasteiger partial charge in [0.15, 0.2) is 0 Å². The average molecular weight is 311 g/mol. The van der Waals surface area contributed by atoms with Gasteiger partial charge in [0, 0.05) is 5.02 Å². The van der Waals surface area contributed by atoms with E-state index >= 15 is 0 Å². The van der Waals surface area contributed by atoms with Crippen LogP contribution in [0, 0.1) is 0 Å². The zero-order valence-corrected chi connectivity index (χ0v) is 13.2. The van der Waals surface area contributed by atoms with E-state index in [1.807, 2.05) is 31.2 Å². The summed E-state index contributed by atoms with van der Waals surface area (Å²) < 4.78 is 5.67. The number of nitrogens with one attached hydrogen (secondary N) is 2. The number of piperidine rings is 1. The van der Waals surface area contributed by atoms with Gasteiger partial charge in [0.2, 0.25) is 5.91 Å². The highest BCUT2D eigenvalue weighted by molar-refractivity contribution is 6.30. The van der Waals surface area contributed by atoms with Crippen LogP contribution < -0.4 is 10.6 Å². The quantitative estimate of drug-likeness (QED) is 0.849. The van der Waals surface area contributed by atoms with E-state index in [1.54, 1.807) is 0 Å². The van der Waals surface area contributed by atoms with E-state index in [0.717, 1.165) is 37.9 Å². The van der Waals surface area contributed by atoms with Crippen LogP contribution in [0.25, 0.3) is 0 Å². The Morgan fingerprint density at radius 3 is 2.90 bits per heavy atom. The maximum atomic E-state index is 12.0. The summed E-state index contributed by atoms with van der Waals surface area (Å²) in [6, 6.07) is 7.59. The normalized spacial score (nSPS) is 17.4. The molecule has 2 rings (SSSR count). The molecule has 116 valence electrons. The number of benzene rings is 1. The molecule has 0 saturated carbocycles. The first-order chi connectivity index (χ1) is 10.2. The van der Waals surface area contributed by atoms with Crippen molar-refractivity contribution >= 4 is 17.5 Å².